The Hall–Kier alpha value is -0.470. The zero-order valence-corrected chi connectivity index (χ0v) is 10.4. The summed E-state index contributed by atoms with van der Waals surface area (Å²) in [4.78, 5) is 10.7. The van der Waals surface area contributed by atoms with Gasteiger partial charge in [-0.1, -0.05) is 6.92 Å². The van der Waals surface area contributed by atoms with E-state index in [0.29, 0.717) is 5.92 Å². The van der Waals surface area contributed by atoms with Crippen LogP contribution in [0.15, 0.2) is 0 Å². The molecule has 2 rings (SSSR count). The van der Waals surface area contributed by atoms with Gasteiger partial charge in [-0.2, -0.15) is 0 Å². The van der Waals surface area contributed by atoms with E-state index < -0.39 is 12.3 Å². The third-order valence-corrected chi connectivity index (χ3v) is 4.83. The van der Waals surface area contributed by atoms with E-state index >= 15 is 0 Å². The topological polar surface area (TPSA) is 17.1 Å². The van der Waals surface area contributed by atoms with Crippen molar-refractivity contribution in [2.24, 2.45) is 23.7 Å². The van der Waals surface area contributed by atoms with Crippen molar-refractivity contribution in [3.8, 4) is 0 Å². The van der Waals surface area contributed by atoms with Crippen LogP contribution in [0.25, 0.3) is 0 Å². The number of alkyl halides is 2. The summed E-state index contributed by atoms with van der Waals surface area (Å²) in [6.45, 7) is 1.80. The first-order chi connectivity index (χ1) is 8.13. The van der Waals surface area contributed by atoms with Crippen LogP contribution in [0.3, 0.4) is 0 Å². The Labute approximate surface area is 102 Å². The first-order valence-electron chi connectivity index (χ1n) is 6.87. The molecule has 4 unspecified atom stereocenters. The summed E-state index contributed by atoms with van der Waals surface area (Å²) in [7, 11) is 0. The number of aldehydes is 1. The van der Waals surface area contributed by atoms with Crippen LogP contribution >= 0.6 is 0 Å². The van der Waals surface area contributed by atoms with Gasteiger partial charge in [0, 0.05) is 5.92 Å². The van der Waals surface area contributed by atoms with Crippen molar-refractivity contribution in [3.63, 3.8) is 0 Å². The molecule has 98 valence electrons. The van der Waals surface area contributed by atoms with Gasteiger partial charge in [0.25, 0.3) is 0 Å². The summed E-state index contributed by atoms with van der Waals surface area (Å²) in [6, 6.07) is 0. The average Bonchev–Trinajstić information content (AvgIpc) is 2.36. The van der Waals surface area contributed by atoms with Gasteiger partial charge in [-0.25, -0.2) is 8.78 Å². The molecule has 0 aromatic heterocycles. The maximum absolute atomic E-state index is 14.0. The van der Waals surface area contributed by atoms with Crippen molar-refractivity contribution in [2.75, 3.05) is 0 Å². The molecule has 0 aliphatic heterocycles. The average molecular weight is 244 g/mol. The third-order valence-electron chi connectivity index (χ3n) is 4.83. The van der Waals surface area contributed by atoms with Gasteiger partial charge in [-0.15, -0.1) is 0 Å². The molecule has 17 heavy (non-hydrogen) atoms. The van der Waals surface area contributed by atoms with Crippen LogP contribution < -0.4 is 0 Å². The molecule has 2 fully saturated rings. The Kier molecular flexibility index (Phi) is 4.16. The molecule has 0 heterocycles. The van der Waals surface area contributed by atoms with E-state index in [1.165, 1.54) is 0 Å². The van der Waals surface area contributed by atoms with Crippen molar-refractivity contribution in [2.45, 2.75) is 57.8 Å². The van der Waals surface area contributed by atoms with Crippen LogP contribution in [-0.4, -0.2) is 18.6 Å². The van der Waals surface area contributed by atoms with Gasteiger partial charge in [0.15, 0.2) is 0 Å². The minimum Gasteiger partial charge on any atom is -0.303 e. The quantitative estimate of drug-likeness (QED) is 0.677. The van der Waals surface area contributed by atoms with Crippen molar-refractivity contribution in [3.05, 3.63) is 0 Å². The zero-order valence-electron chi connectivity index (χ0n) is 10.4. The number of carbonyl (C=O) groups is 1. The molecule has 1 nitrogen and oxygen atoms in total. The van der Waals surface area contributed by atoms with Gasteiger partial charge < -0.3 is 4.79 Å². The van der Waals surface area contributed by atoms with E-state index in [9.17, 15) is 13.6 Å². The fourth-order valence-electron chi connectivity index (χ4n) is 3.53. The molecule has 0 aromatic carbocycles. The summed E-state index contributed by atoms with van der Waals surface area (Å²) in [5, 5.41) is 0. The van der Waals surface area contributed by atoms with Crippen LogP contribution in [0.4, 0.5) is 8.78 Å². The monoisotopic (exact) mass is 244 g/mol. The summed E-state index contributed by atoms with van der Waals surface area (Å²) in [6.07, 6.45) is 3.61. The molecular weight excluding hydrogens is 222 g/mol. The lowest BCUT2D eigenvalue weighted by molar-refractivity contribution is -0.112. The molecule has 2 saturated carbocycles. The Morgan fingerprint density at radius 1 is 0.941 bits per heavy atom. The Balaban J connectivity index is 1.92. The van der Waals surface area contributed by atoms with E-state index in [-0.39, 0.29) is 17.8 Å². The smallest absolute Gasteiger partial charge is 0.134 e. The second-order valence-electron chi connectivity index (χ2n) is 5.92. The Morgan fingerprint density at radius 3 is 2.18 bits per heavy atom. The van der Waals surface area contributed by atoms with Gasteiger partial charge in [0.1, 0.15) is 18.6 Å². The van der Waals surface area contributed by atoms with Gasteiger partial charge in [0.2, 0.25) is 0 Å². The molecule has 0 N–H and O–H groups in total. The summed E-state index contributed by atoms with van der Waals surface area (Å²) < 4.78 is 27.7. The standard InChI is InChI=1S/C14H22F2O/c1-9-2-7-12(14(16)13(9)15)11-5-3-10(8-17)4-6-11/h8-14H,2-7H2,1H3. The molecule has 0 radical (unpaired) electrons. The normalized spacial score (nSPS) is 47.7. The number of hydrogen-bond acceptors (Lipinski definition) is 1. The lowest BCUT2D eigenvalue weighted by Gasteiger charge is -2.40. The number of carbonyl (C=O) groups excluding carboxylic acids is 1. The second-order valence-corrected chi connectivity index (χ2v) is 5.92. The highest BCUT2D eigenvalue weighted by molar-refractivity contribution is 5.53. The number of halogens is 2. The van der Waals surface area contributed by atoms with Crippen LogP contribution in [0, 0.1) is 23.7 Å². The van der Waals surface area contributed by atoms with Crippen molar-refractivity contribution >= 4 is 6.29 Å². The van der Waals surface area contributed by atoms with Gasteiger partial charge in [-0.05, 0) is 56.3 Å². The van der Waals surface area contributed by atoms with E-state index in [2.05, 4.69) is 0 Å². The van der Waals surface area contributed by atoms with Gasteiger partial charge in [-0.3, -0.25) is 0 Å². The third kappa shape index (κ3) is 2.69. The van der Waals surface area contributed by atoms with Gasteiger partial charge >= 0.3 is 0 Å². The highest BCUT2D eigenvalue weighted by atomic mass is 19.2. The van der Waals surface area contributed by atoms with Gasteiger partial charge in [0.05, 0.1) is 0 Å². The van der Waals surface area contributed by atoms with E-state index in [4.69, 9.17) is 0 Å². The molecule has 0 saturated heterocycles. The molecule has 3 heteroatoms. The lowest BCUT2D eigenvalue weighted by Crippen LogP contribution is -2.41. The van der Waals surface area contributed by atoms with Crippen LogP contribution in [0.2, 0.25) is 0 Å². The summed E-state index contributed by atoms with van der Waals surface area (Å²) in [5.41, 5.74) is 0. The largest absolute Gasteiger partial charge is 0.303 e. The maximum Gasteiger partial charge on any atom is 0.134 e. The summed E-state index contributed by atoms with van der Waals surface area (Å²) >= 11 is 0. The van der Waals surface area contributed by atoms with E-state index in [1.807, 2.05) is 0 Å². The minimum absolute atomic E-state index is 0.103. The van der Waals surface area contributed by atoms with Crippen molar-refractivity contribution in [1.82, 2.24) is 0 Å². The predicted molar refractivity (Wildman–Crippen MR) is 63.2 cm³/mol. The zero-order chi connectivity index (χ0) is 12.4. The molecule has 2 aliphatic carbocycles. The maximum atomic E-state index is 14.0. The number of hydrogen-bond donors (Lipinski definition) is 0. The highest BCUT2D eigenvalue weighted by Gasteiger charge is 2.42. The minimum atomic E-state index is -1.28. The van der Waals surface area contributed by atoms with Crippen molar-refractivity contribution in [1.29, 1.82) is 0 Å². The Bertz CT molecular complexity index is 261. The molecule has 0 spiro atoms. The predicted octanol–water partition coefficient (Wildman–Crippen LogP) is 3.71. The number of rotatable bonds is 2. The summed E-state index contributed by atoms with van der Waals surface area (Å²) in [5.74, 6) is 0.223. The molecule has 2 aliphatic rings. The van der Waals surface area contributed by atoms with Crippen LogP contribution in [-0.2, 0) is 4.79 Å². The molecule has 0 aromatic rings. The Morgan fingerprint density at radius 2 is 1.59 bits per heavy atom. The van der Waals surface area contributed by atoms with Crippen LogP contribution in [0.5, 0.6) is 0 Å². The first-order valence-corrected chi connectivity index (χ1v) is 6.87. The second kappa shape index (κ2) is 5.45. The van der Waals surface area contributed by atoms with E-state index in [1.54, 1.807) is 6.92 Å². The molecular formula is C14H22F2O. The van der Waals surface area contributed by atoms with Crippen LogP contribution in [0.1, 0.15) is 45.4 Å². The SMILES string of the molecule is CC1CCC(C2CCC(C=O)CC2)C(F)C1F. The van der Waals surface area contributed by atoms with Crippen molar-refractivity contribution < 1.29 is 13.6 Å². The fraction of sp³-hybridized carbons (Fsp3) is 0.929. The first kappa shape index (κ1) is 13.0. The highest BCUT2D eigenvalue weighted by Crippen LogP contribution is 2.43. The molecule has 0 amide bonds. The fourth-order valence-corrected chi connectivity index (χ4v) is 3.53. The molecule has 4 atom stereocenters. The van der Waals surface area contributed by atoms with E-state index in [0.717, 1.165) is 44.8 Å². The molecule has 0 bridgehead atoms. The lowest BCUT2D eigenvalue weighted by atomic mass is 9.68.